The normalized spacial score (nSPS) is 25.3. The van der Waals surface area contributed by atoms with Crippen LogP contribution >= 0.6 is 0 Å². The van der Waals surface area contributed by atoms with Crippen molar-refractivity contribution < 1.29 is 0 Å². The molecular weight excluding hydrogens is 135 g/mol. The van der Waals surface area contributed by atoms with Gasteiger partial charge in [-0.25, -0.2) is 0 Å². The molecule has 0 amide bonds. The van der Waals surface area contributed by atoms with Crippen LogP contribution in [0.1, 0.15) is 12.8 Å². The van der Waals surface area contributed by atoms with Crippen molar-refractivity contribution in [1.29, 1.82) is 0 Å². The van der Waals surface area contributed by atoms with E-state index in [9.17, 15) is 0 Å². The van der Waals surface area contributed by atoms with E-state index in [-0.39, 0.29) is 0 Å². The van der Waals surface area contributed by atoms with E-state index in [4.69, 9.17) is 0 Å². The molecule has 0 aliphatic carbocycles. The Labute approximate surface area is 45.3 Å². The molecule has 1 aliphatic rings. The average Bonchev–Trinajstić information content (AvgIpc) is 1.72. The summed E-state index contributed by atoms with van der Waals surface area (Å²) in [6, 6.07) is 0. The van der Waals surface area contributed by atoms with E-state index in [2.05, 4.69) is 10.9 Å². The number of hydrogen-bond acceptors (Lipinski definition) is 0. The van der Waals surface area contributed by atoms with Crippen molar-refractivity contribution in [2.75, 3.05) is 0 Å². The minimum atomic E-state index is 0.427. The molecule has 0 fully saturated rings. The maximum absolute atomic E-state index is 2.39. The van der Waals surface area contributed by atoms with Gasteiger partial charge in [0.2, 0.25) is 0 Å². The van der Waals surface area contributed by atoms with Crippen LogP contribution in [0, 0.1) is 0 Å². The van der Waals surface area contributed by atoms with Crippen LogP contribution in [0.2, 0.25) is 5.21 Å². The molecule has 0 N–H and O–H groups in total. The van der Waals surface area contributed by atoms with Gasteiger partial charge in [0.05, 0.1) is 0 Å². The molecule has 34 valence electrons. The molecule has 0 aromatic heterocycles. The van der Waals surface area contributed by atoms with E-state index >= 15 is 0 Å². The van der Waals surface area contributed by atoms with Crippen molar-refractivity contribution in [2.45, 2.75) is 18.1 Å². The van der Waals surface area contributed by atoms with Gasteiger partial charge in [-0.05, 0) is 0 Å². The van der Waals surface area contributed by atoms with Crippen molar-refractivity contribution >= 4 is 15.8 Å². The quantitative estimate of drug-likeness (QED) is 0.447. The first kappa shape index (κ1) is 4.46. The predicted octanol–water partition coefficient (Wildman–Crippen LogP) is 1.15. The molecular formula is C5H9As. The zero-order valence-electron chi connectivity index (χ0n) is 3.78. The Hall–Kier alpha value is 0.298. The molecule has 6 heavy (non-hydrogen) atoms. The van der Waals surface area contributed by atoms with Gasteiger partial charge in [0.25, 0.3) is 0 Å². The third kappa shape index (κ3) is 1.18. The zero-order chi connectivity index (χ0) is 4.24. The molecule has 0 aromatic rings. The Morgan fingerprint density at radius 2 is 2.50 bits per heavy atom. The van der Waals surface area contributed by atoms with Gasteiger partial charge in [-0.3, -0.25) is 0 Å². The van der Waals surface area contributed by atoms with Crippen molar-refractivity contribution in [3.8, 4) is 0 Å². The fourth-order valence-electron chi connectivity index (χ4n) is 0.572. The molecule has 1 aliphatic heterocycles. The van der Waals surface area contributed by atoms with Crippen LogP contribution < -0.4 is 0 Å². The molecule has 1 atom stereocenters. The first-order valence-electron chi connectivity index (χ1n) is 2.38. The Morgan fingerprint density at radius 3 is 2.67 bits per heavy atom. The standard InChI is InChI=1S/C5H9As/c1-2-4-6-5-3-1/h2,4,6H,1,3,5H2. The SMILES string of the molecule is C1=C[AsH]CCC1. The fraction of sp³-hybridized carbons (Fsp3) is 0.600. The molecule has 0 radical (unpaired) electrons. The fourth-order valence-corrected chi connectivity index (χ4v) is 2.48. The average molecular weight is 144 g/mol. The molecule has 0 saturated heterocycles. The predicted molar refractivity (Wildman–Crippen MR) is 30.3 cm³/mol. The minimum absolute atomic E-state index is 0.427. The van der Waals surface area contributed by atoms with Crippen molar-refractivity contribution in [3.05, 3.63) is 10.9 Å². The van der Waals surface area contributed by atoms with Crippen LogP contribution in [0.3, 0.4) is 0 Å². The van der Waals surface area contributed by atoms with E-state index in [0.29, 0.717) is 15.8 Å². The Balaban J connectivity index is 2.26. The molecule has 1 rings (SSSR count). The summed E-state index contributed by atoms with van der Waals surface area (Å²) in [5.41, 5.74) is 0. The van der Waals surface area contributed by atoms with E-state index in [1.807, 2.05) is 0 Å². The Bertz CT molecular complexity index is 49.0. The second-order valence-corrected chi connectivity index (χ2v) is 4.10. The van der Waals surface area contributed by atoms with Gasteiger partial charge in [-0.1, -0.05) is 0 Å². The zero-order valence-corrected chi connectivity index (χ0v) is 5.87. The summed E-state index contributed by atoms with van der Waals surface area (Å²) in [6.07, 6.45) is 5.14. The summed E-state index contributed by atoms with van der Waals surface area (Å²) in [7, 11) is 0. The monoisotopic (exact) mass is 144 g/mol. The summed E-state index contributed by atoms with van der Waals surface area (Å²) in [4.78, 5) is 2.39. The van der Waals surface area contributed by atoms with Crippen molar-refractivity contribution in [2.24, 2.45) is 0 Å². The molecule has 1 heterocycles. The van der Waals surface area contributed by atoms with E-state index in [1.54, 1.807) is 0 Å². The van der Waals surface area contributed by atoms with Gasteiger partial charge in [0, 0.05) is 0 Å². The van der Waals surface area contributed by atoms with Gasteiger partial charge in [0.1, 0.15) is 0 Å². The molecule has 0 saturated carbocycles. The van der Waals surface area contributed by atoms with Crippen LogP contribution in [0.5, 0.6) is 0 Å². The summed E-state index contributed by atoms with van der Waals surface area (Å²) in [6.45, 7) is 0. The molecule has 0 nitrogen and oxygen atoms in total. The van der Waals surface area contributed by atoms with Crippen molar-refractivity contribution in [1.82, 2.24) is 0 Å². The molecule has 0 aromatic carbocycles. The third-order valence-electron chi connectivity index (χ3n) is 0.928. The summed E-state index contributed by atoms with van der Waals surface area (Å²) < 4.78 is 0. The van der Waals surface area contributed by atoms with Gasteiger partial charge in [-0.2, -0.15) is 0 Å². The summed E-state index contributed by atoms with van der Waals surface area (Å²) in [5.74, 6) is 0. The van der Waals surface area contributed by atoms with Crippen LogP contribution in [0.15, 0.2) is 10.9 Å². The number of allylic oxidation sites excluding steroid dienone is 1. The van der Waals surface area contributed by atoms with Crippen LogP contribution in [-0.2, 0) is 0 Å². The summed E-state index contributed by atoms with van der Waals surface area (Å²) >= 11 is 0.427. The molecule has 1 unspecified atom stereocenters. The maximum atomic E-state index is 2.39. The van der Waals surface area contributed by atoms with E-state index in [1.165, 1.54) is 18.1 Å². The molecule has 1 heteroatoms. The third-order valence-corrected chi connectivity index (χ3v) is 3.26. The number of rotatable bonds is 0. The van der Waals surface area contributed by atoms with E-state index < -0.39 is 0 Å². The number of hydrogen-bond donors (Lipinski definition) is 0. The first-order valence-corrected chi connectivity index (χ1v) is 5.08. The van der Waals surface area contributed by atoms with Gasteiger partial charge >= 0.3 is 44.7 Å². The molecule has 0 bridgehead atoms. The van der Waals surface area contributed by atoms with Crippen LogP contribution in [-0.4, -0.2) is 15.8 Å². The van der Waals surface area contributed by atoms with Gasteiger partial charge in [0.15, 0.2) is 0 Å². The van der Waals surface area contributed by atoms with Crippen molar-refractivity contribution in [3.63, 3.8) is 0 Å². The van der Waals surface area contributed by atoms with Crippen LogP contribution in [0.4, 0.5) is 0 Å². The van der Waals surface area contributed by atoms with Crippen LogP contribution in [0.25, 0.3) is 0 Å². The Morgan fingerprint density at radius 1 is 1.50 bits per heavy atom. The Kier molecular flexibility index (Phi) is 1.83. The summed E-state index contributed by atoms with van der Waals surface area (Å²) in [5, 5.41) is 1.54. The molecule has 0 spiro atoms. The van der Waals surface area contributed by atoms with E-state index in [0.717, 1.165) is 0 Å². The first-order chi connectivity index (χ1) is 3.00. The topological polar surface area (TPSA) is 0 Å². The second-order valence-electron chi connectivity index (χ2n) is 1.50. The van der Waals surface area contributed by atoms with Gasteiger partial charge in [-0.15, -0.1) is 0 Å². The second kappa shape index (κ2) is 2.47. The van der Waals surface area contributed by atoms with Gasteiger partial charge < -0.3 is 0 Å².